The fourth-order valence-corrected chi connectivity index (χ4v) is 5.39. The van der Waals surface area contributed by atoms with Crippen molar-refractivity contribution in [2.75, 3.05) is 18.1 Å². The molecule has 0 spiro atoms. The maximum atomic E-state index is 12.3. The summed E-state index contributed by atoms with van der Waals surface area (Å²) in [6.07, 6.45) is 0.332. The Bertz CT molecular complexity index is 699. The summed E-state index contributed by atoms with van der Waals surface area (Å²) in [5, 5.41) is 3.13. The Morgan fingerprint density at radius 3 is 2.71 bits per heavy atom. The summed E-state index contributed by atoms with van der Waals surface area (Å²) in [6.45, 7) is 3.37. The third-order valence-electron chi connectivity index (χ3n) is 3.34. The lowest BCUT2D eigenvalue weighted by molar-refractivity contribution is 0.562. The van der Waals surface area contributed by atoms with E-state index in [1.807, 2.05) is 13.0 Å². The molecule has 1 heterocycles. The topological polar surface area (TPSA) is 92.3 Å². The summed E-state index contributed by atoms with van der Waals surface area (Å²) in [7, 11) is -6.79. The van der Waals surface area contributed by atoms with Crippen LogP contribution in [-0.2, 0) is 26.4 Å². The molecule has 0 amide bonds. The third kappa shape index (κ3) is 4.50. The number of nitrogens with one attached hydrogen (secondary N) is 2. The zero-order chi connectivity index (χ0) is 15.5. The van der Waals surface area contributed by atoms with Crippen molar-refractivity contribution in [1.82, 2.24) is 10.0 Å². The molecule has 0 saturated carbocycles. The van der Waals surface area contributed by atoms with Crippen molar-refractivity contribution >= 4 is 19.9 Å². The van der Waals surface area contributed by atoms with Gasteiger partial charge in [0, 0.05) is 12.6 Å². The molecule has 1 atom stereocenters. The predicted octanol–water partition coefficient (Wildman–Crippen LogP) is 0.262. The Kier molecular flexibility index (Phi) is 5.03. The van der Waals surface area contributed by atoms with E-state index in [1.165, 1.54) is 6.07 Å². The van der Waals surface area contributed by atoms with Gasteiger partial charge in [-0.3, -0.25) is 0 Å². The highest BCUT2D eigenvalue weighted by Crippen LogP contribution is 2.16. The highest BCUT2D eigenvalue weighted by molar-refractivity contribution is 7.92. The Hall–Kier alpha value is -0.960. The van der Waals surface area contributed by atoms with Crippen LogP contribution in [0, 0.1) is 0 Å². The molecule has 1 aromatic carbocycles. The van der Waals surface area contributed by atoms with Gasteiger partial charge in [-0.25, -0.2) is 21.6 Å². The molecule has 0 radical (unpaired) electrons. The highest BCUT2D eigenvalue weighted by atomic mass is 32.2. The maximum absolute atomic E-state index is 12.3. The number of hydrogen-bond acceptors (Lipinski definition) is 5. The number of rotatable bonds is 6. The summed E-state index contributed by atoms with van der Waals surface area (Å²) in [5.74, 6) is -0.0794. The third-order valence-corrected chi connectivity index (χ3v) is 6.63. The fourth-order valence-electron chi connectivity index (χ4n) is 2.27. The van der Waals surface area contributed by atoms with E-state index in [-0.39, 0.29) is 16.4 Å². The normalized spacial score (nSPS) is 21.5. The van der Waals surface area contributed by atoms with Gasteiger partial charge in [0.25, 0.3) is 0 Å². The summed E-state index contributed by atoms with van der Waals surface area (Å²) in [5.41, 5.74) is 0.874. The molecule has 8 heteroatoms. The van der Waals surface area contributed by atoms with Crippen molar-refractivity contribution in [2.45, 2.75) is 30.8 Å². The van der Waals surface area contributed by atoms with Crippen LogP contribution < -0.4 is 10.0 Å². The van der Waals surface area contributed by atoms with Crippen LogP contribution in [0.4, 0.5) is 0 Å². The molecule has 0 aliphatic carbocycles. The largest absolute Gasteiger partial charge is 0.313 e. The highest BCUT2D eigenvalue weighted by Gasteiger charge is 2.31. The van der Waals surface area contributed by atoms with E-state index in [1.54, 1.807) is 12.1 Å². The molecule has 1 fully saturated rings. The molecule has 1 saturated heterocycles. The van der Waals surface area contributed by atoms with Crippen LogP contribution >= 0.6 is 0 Å². The fraction of sp³-hybridized carbons (Fsp3) is 0.538. The molecule has 0 aromatic heterocycles. The van der Waals surface area contributed by atoms with E-state index < -0.39 is 25.9 Å². The van der Waals surface area contributed by atoms with Crippen molar-refractivity contribution in [3.05, 3.63) is 29.8 Å². The second kappa shape index (κ2) is 6.43. The van der Waals surface area contributed by atoms with E-state index in [4.69, 9.17) is 0 Å². The molecule has 21 heavy (non-hydrogen) atoms. The summed E-state index contributed by atoms with van der Waals surface area (Å²) in [6, 6.07) is 6.13. The average molecular weight is 332 g/mol. The minimum absolute atomic E-state index is 0.0423. The molecular weight excluding hydrogens is 312 g/mol. The maximum Gasteiger partial charge on any atom is 0.240 e. The van der Waals surface area contributed by atoms with Crippen LogP contribution in [0.25, 0.3) is 0 Å². The summed E-state index contributed by atoms with van der Waals surface area (Å²) >= 11 is 0. The molecule has 118 valence electrons. The van der Waals surface area contributed by atoms with Gasteiger partial charge >= 0.3 is 0 Å². The Labute approximate surface area is 125 Å². The van der Waals surface area contributed by atoms with E-state index in [2.05, 4.69) is 10.0 Å². The van der Waals surface area contributed by atoms with E-state index >= 15 is 0 Å². The number of benzene rings is 1. The van der Waals surface area contributed by atoms with Crippen LogP contribution in [0.15, 0.2) is 29.2 Å². The first-order valence-electron chi connectivity index (χ1n) is 6.85. The van der Waals surface area contributed by atoms with Crippen LogP contribution in [0.2, 0.25) is 0 Å². The quantitative estimate of drug-likeness (QED) is 0.780. The van der Waals surface area contributed by atoms with E-state index in [0.29, 0.717) is 13.0 Å². The molecular formula is C13H20N2O4S2. The molecule has 6 nitrogen and oxygen atoms in total. The monoisotopic (exact) mass is 332 g/mol. The van der Waals surface area contributed by atoms with Crippen molar-refractivity contribution in [3.8, 4) is 0 Å². The standard InChI is InChI=1S/C13H20N2O4S2/c1-2-14-9-11-4-3-5-13(8-11)21(18,19)15-12-6-7-20(16,17)10-12/h3-5,8,12,14-15H,2,6-7,9-10H2,1H3. The Morgan fingerprint density at radius 2 is 2.10 bits per heavy atom. The van der Waals surface area contributed by atoms with Crippen molar-refractivity contribution in [2.24, 2.45) is 0 Å². The lowest BCUT2D eigenvalue weighted by Gasteiger charge is -2.12. The number of sulfonamides is 1. The van der Waals surface area contributed by atoms with E-state index in [9.17, 15) is 16.8 Å². The van der Waals surface area contributed by atoms with Gasteiger partial charge in [-0.2, -0.15) is 0 Å². The second-order valence-corrected chi connectivity index (χ2v) is 9.09. The smallest absolute Gasteiger partial charge is 0.240 e. The lowest BCUT2D eigenvalue weighted by atomic mass is 10.2. The number of hydrogen-bond donors (Lipinski definition) is 2. The molecule has 2 N–H and O–H groups in total. The number of sulfone groups is 1. The molecule has 1 unspecified atom stereocenters. The van der Waals surface area contributed by atoms with Gasteiger partial charge in [0.2, 0.25) is 10.0 Å². The zero-order valence-electron chi connectivity index (χ0n) is 11.9. The van der Waals surface area contributed by atoms with Gasteiger partial charge in [-0.05, 0) is 30.7 Å². The molecule has 2 rings (SSSR count). The summed E-state index contributed by atoms with van der Waals surface area (Å²) in [4.78, 5) is 0.169. The zero-order valence-corrected chi connectivity index (χ0v) is 13.5. The first-order chi connectivity index (χ1) is 9.82. The van der Waals surface area contributed by atoms with Gasteiger partial charge in [0.1, 0.15) is 0 Å². The first-order valence-corrected chi connectivity index (χ1v) is 10.2. The van der Waals surface area contributed by atoms with Crippen LogP contribution in [0.1, 0.15) is 18.9 Å². The average Bonchev–Trinajstić information content (AvgIpc) is 2.75. The van der Waals surface area contributed by atoms with Gasteiger partial charge in [0.05, 0.1) is 16.4 Å². The predicted molar refractivity (Wildman–Crippen MR) is 81.2 cm³/mol. The van der Waals surface area contributed by atoms with Gasteiger partial charge in [0.15, 0.2) is 9.84 Å². The van der Waals surface area contributed by atoms with E-state index in [0.717, 1.165) is 12.1 Å². The first kappa shape index (κ1) is 16.4. The van der Waals surface area contributed by atoms with Crippen LogP contribution in [0.3, 0.4) is 0 Å². The van der Waals surface area contributed by atoms with Gasteiger partial charge in [-0.1, -0.05) is 19.1 Å². The minimum Gasteiger partial charge on any atom is -0.313 e. The molecule has 1 aliphatic rings. The Morgan fingerprint density at radius 1 is 1.33 bits per heavy atom. The molecule has 1 aliphatic heterocycles. The van der Waals surface area contributed by atoms with Crippen LogP contribution in [0.5, 0.6) is 0 Å². The van der Waals surface area contributed by atoms with Gasteiger partial charge in [-0.15, -0.1) is 0 Å². The van der Waals surface area contributed by atoms with Gasteiger partial charge < -0.3 is 5.32 Å². The van der Waals surface area contributed by atoms with Crippen molar-refractivity contribution in [3.63, 3.8) is 0 Å². The summed E-state index contributed by atoms with van der Waals surface area (Å²) < 4.78 is 49.9. The minimum atomic E-state index is -3.68. The molecule has 1 aromatic rings. The van der Waals surface area contributed by atoms with Crippen molar-refractivity contribution < 1.29 is 16.8 Å². The Balaban J connectivity index is 2.12. The SMILES string of the molecule is CCNCc1cccc(S(=O)(=O)NC2CCS(=O)(=O)C2)c1. The van der Waals surface area contributed by atoms with Crippen molar-refractivity contribution in [1.29, 1.82) is 0 Å². The second-order valence-electron chi connectivity index (χ2n) is 5.15. The molecule has 0 bridgehead atoms. The lowest BCUT2D eigenvalue weighted by Crippen LogP contribution is -2.35. The van der Waals surface area contributed by atoms with Crippen LogP contribution in [-0.4, -0.2) is 40.9 Å².